The molecule has 96 valence electrons. The van der Waals surface area contributed by atoms with Crippen molar-refractivity contribution in [3.8, 4) is 11.3 Å². The van der Waals surface area contributed by atoms with Crippen LogP contribution in [-0.4, -0.2) is 22.1 Å². The number of H-pyrrole nitrogens is 1. The SMILES string of the molecule is Cc1c(-c2c[nH]cn2)ccc2c1=C1C(=O)N=CC=C1N=2. The quantitative estimate of drug-likeness (QED) is 0.820. The number of nitrogens with zero attached hydrogens (tertiary/aromatic N) is 3. The summed E-state index contributed by atoms with van der Waals surface area (Å²) in [6.07, 6.45) is 6.74. The third kappa shape index (κ3) is 1.37. The summed E-state index contributed by atoms with van der Waals surface area (Å²) in [5, 5.41) is 1.69. The monoisotopic (exact) mass is 262 g/mol. The van der Waals surface area contributed by atoms with E-state index >= 15 is 0 Å². The lowest BCUT2D eigenvalue weighted by Crippen LogP contribution is -2.28. The molecule has 2 aliphatic rings. The predicted molar refractivity (Wildman–Crippen MR) is 74.5 cm³/mol. The number of aromatic nitrogens is 2. The van der Waals surface area contributed by atoms with E-state index in [-0.39, 0.29) is 5.91 Å². The Labute approximate surface area is 114 Å². The molecule has 0 unspecified atom stereocenters. The number of dihydropyridines is 1. The standard InChI is InChI=1S/C15H10N4O/c1-8-9(12-6-16-7-18-12)2-3-10-13(8)14-11(19-10)4-5-17-15(14)20/h2-7H,1H3,(H,16,18). The molecule has 5 nitrogen and oxygen atoms in total. The van der Waals surface area contributed by atoms with Crippen molar-refractivity contribution in [1.29, 1.82) is 0 Å². The molecule has 0 saturated heterocycles. The molecule has 0 radical (unpaired) electrons. The summed E-state index contributed by atoms with van der Waals surface area (Å²) in [5.41, 5.74) is 4.15. The Hall–Kier alpha value is -2.82. The number of carbonyl (C=O) groups is 1. The number of aromatic amines is 1. The van der Waals surface area contributed by atoms with E-state index in [0.29, 0.717) is 11.3 Å². The molecule has 2 aliphatic heterocycles. The van der Waals surface area contributed by atoms with Gasteiger partial charge in [0.05, 0.1) is 28.6 Å². The third-order valence-electron chi connectivity index (χ3n) is 3.60. The zero-order chi connectivity index (χ0) is 13.7. The number of benzene rings is 1. The number of nitrogens with one attached hydrogen (secondary N) is 1. The van der Waals surface area contributed by atoms with Crippen LogP contribution in [0.2, 0.25) is 0 Å². The maximum absolute atomic E-state index is 12.0. The third-order valence-corrected chi connectivity index (χ3v) is 3.60. The van der Waals surface area contributed by atoms with E-state index in [1.54, 1.807) is 12.4 Å². The number of hydrogen-bond acceptors (Lipinski definition) is 3. The van der Waals surface area contributed by atoms with Gasteiger partial charge in [-0.1, -0.05) is 6.07 Å². The summed E-state index contributed by atoms with van der Waals surface area (Å²) in [7, 11) is 0. The van der Waals surface area contributed by atoms with Crippen LogP contribution in [0.3, 0.4) is 0 Å². The minimum atomic E-state index is -0.229. The topological polar surface area (TPSA) is 70.5 Å². The summed E-state index contributed by atoms with van der Waals surface area (Å²) >= 11 is 0. The fourth-order valence-corrected chi connectivity index (χ4v) is 2.68. The van der Waals surface area contributed by atoms with E-state index in [2.05, 4.69) is 20.0 Å². The maximum atomic E-state index is 12.0. The van der Waals surface area contributed by atoms with E-state index in [9.17, 15) is 4.79 Å². The Balaban J connectivity index is 2.12. The molecule has 0 aliphatic carbocycles. The van der Waals surface area contributed by atoms with E-state index < -0.39 is 0 Å². The second-order valence-electron chi connectivity index (χ2n) is 4.71. The molecule has 1 aromatic carbocycles. The lowest BCUT2D eigenvalue weighted by Gasteiger charge is -2.05. The molecule has 20 heavy (non-hydrogen) atoms. The number of carbonyl (C=O) groups excluding carboxylic acids is 1. The van der Waals surface area contributed by atoms with Crippen molar-refractivity contribution in [2.75, 3.05) is 0 Å². The van der Waals surface area contributed by atoms with Crippen molar-refractivity contribution in [2.45, 2.75) is 6.92 Å². The van der Waals surface area contributed by atoms with Gasteiger partial charge in [-0.15, -0.1) is 0 Å². The van der Waals surface area contributed by atoms with Crippen molar-refractivity contribution in [3.05, 3.63) is 52.6 Å². The maximum Gasteiger partial charge on any atom is 0.279 e. The Bertz CT molecular complexity index is 918. The average Bonchev–Trinajstić information content (AvgIpc) is 3.06. The Morgan fingerprint density at radius 1 is 1.25 bits per heavy atom. The molecule has 3 heterocycles. The van der Waals surface area contributed by atoms with Gasteiger partial charge in [-0.05, 0) is 24.6 Å². The molecule has 0 fully saturated rings. The number of imidazole rings is 1. The predicted octanol–water partition coefficient (Wildman–Crippen LogP) is 0.664. The van der Waals surface area contributed by atoms with Crippen molar-refractivity contribution >= 4 is 17.7 Å². The summed E-state index contributed by atoms with van der Waals surface area (Å²) in [6.45, 7) is 1.99. The lowest BCUT2D eigenvalue weighted by molar-refractivity contribution is -0.112. The van der Waals surface area contributed by atoms with E-state index in [0.717, 1.165) is 27.4 Å². The largest absolute Gasteiger partial charge is 0.351 e. The first kappa shape index (κ1) is 11.0. The first-order valence-electron chi connectivity index (χ1n) is 6.26. The van der Waals surface area contributed by atoms with Gasteiger partial charge in [0.2, 0.25) is 0 Å². The second-order valence-corrected chi connectivity index (χ2v) is 4.71. The molecule has 0 saturated carbocycles. The highest BCUT2D eigenvalue weighted by Gasteiger charge is 2.23. The van der Waals surface area contributed by atoms with Crippen molar-refractivity contribution < 1.29 is 4.79 Å². The van der Waals surface area contributed by atoms with Gasteiger partial charge >= 0.3 is 0 Å². The van der Waals surface area contributed by atoms with Crippen LogP contribution in [0.1, 0.15) is 5.56 Å². The summed E-state index contributed by atoms with van der Waals surface area (Å²) in [6, 6.07) is 3.91. The molecule has 4 rings (SSSR count). The minimum absolute atomic E-state index is 0.229. The van der Waals surface area contributed by atoms with Gasteiger partial charge in [-0.3, -0.25) is 4.79 Å². The van der Waals surface area contributed by atoms with Gasteiger partial charge in [0, 0.05) is 23.2 Å². The van der Waals surface area contributed by atoms with Crippen LogP contribution in [0.15, 0.2) is 46.4 Å². The highest BCUT2D eigenvalue weighted by Crippen LogP contribution is 2.22. The molecule has 1 N–H and O–H groups in total. The van der Waals surface area contributed by atoms with Crippen LogP contribution in [0, 0.1) is 6.92 Å². The lowest BCUT2D eigenvalue weighted by atomic mass is 9.99. The normalized spacial score (nSPS) is 15.8. The molecule has 0 atom stereocenters. The smallest absolute Gasteiger partial charge is 0.279 e. The molecular formula is C15H10N4O. The zero-order valence-corrected chi connectivity index (χ0v) is 10.7. The van der Waals surface area contributed by atoms with Crippen molar-refractivity contribution in [2.24, 2.45) is 9.98 Å². The van der Waals surface area contributed by atoms with E-state index in [1.807, 2.05) is 25.3 Å². The summed E-state index contributed by atoms with van der Waals surface area (Å²) in [4.78, 5) is 27.6. The average molecular weight is 262 g/mol. The van der Waals surface area contributed by atoms with Crippen molar-refractivity contribution in [1.82, 2.24) is 9.97 Å². The van der Waals surface area contributed by atoms with Gasteiger partial charge in [-0.25, -0.2) is 15.0 Å². The fourth-order valence-electron chi connectivity index (χ4n) is 2.68. The number of fused-ring (bicyclic) bond motifs is 2. The van der Waals surface area contributed by atoms with Crippen LogP contribution in [0.4, 0.5) is 0 Å². The van der Waals surface area contributed by atoms with Crippen molar-refractivity contribution in [3.63, 3.8) is 0 Å². The molecular weight excluding hydrogens is 252 g/mol. The Morgan fingerprint density at radius 3 is 2.95 bits per heavy atom. The molecule has 1 amide bonds. The van der Waals surface area contributed by atoms with Gasteiger partial charge in [0.25, 0.3) is 5.91 Å². The van der Waals surface area contributed by atoms with Crippen LogP contribution >= 0.6 is 0 Å². The first-order valence-corrected chi connectivity index (χ1v) is 6.26. The molecule has 0 spiro atoms. The highest BCUT2D eigenvalue weighted by molar-refractivity contribution is 6.24. The number of hydrogen-bond donors (Lipinski definition) is 1. The van der Waals surface area contributed by atoms with Gasteiger partial charge in [0.15, 0.2) is 0 Å². The molecule has 1 aromatic heterocycles. The molecule has 2 aromatic rings. The highest BCUT2D eigenvalue weighted by atomic mass is 16.1. The van der Waals surface area contributed by atoms with Crippen LogP contribution < -0.4 is 10.6 Å². The summed E-state index contributed by atoms with van der Waals surface area (Å²) in [5.74, 6) is -0.229. The van der Waals surface area contributed by atoms with E-state index in [4.69, 9.17) is 0 Å². The number of allylic oxidation sites excluding steroid dienone is 1. The van der Waals surface area contributed by atoms with Gasteiger partial charge < -0.3 is 4.98 Å². The minimum Gasteiger partial charge on any atom is -0.351 e. The first-order chi connectivity index (χ1) is 9.75. The fraction of sp³-hybridized carbons (Fsp3) is 0.0667. The number of rotatable bonds is 1. The Kier molecular flexibility index (Phi) is 2.12. The van der Waals surface area contributed by atoms with Crippen LogP contribution in [0.5, 0.6) is 0 Å². The van der Waals surface area contributed by atoms with Gasteiger partial charge in [-0.2, -0.15) is 0 Å². The van der Waals surface area contributed by atoms with Crippen LogP contribution in [0.25, 0.3) is 16.8 Å². The second kappa shape index (κ2) is 3.84. The molecule has 0 bridgehead atoms. The Morgan fingerprint density at radius 2 is 2.15 bits per heavy atom. The van der Waals surface area contributed by atoms with E-state index in [1.165, 1.54) is 6.21 Å². The van der Waals surface area contributed by atoms with Gasteiger partial charge in [0.1, 0.15) is 0 Å². The summed E-state index contributed by atoms with van der Waals surface area (Å²) < 4.78 is 0. The number of aliphatic imine (C=N–C) groups is 1. The molecule has 5 heteroatoms. The van der Waals surface area contributed by atoms with Crippen LogP contribution in [-0.2, 0) is 4.79 Å². The zero-order valence-electron chi connectivity index (χ0n) is 10.7. The number of amides is 1.